The fraction of sp³-hybridized carbons (Fsp3) is 0.429. The fourth-order valence-corrected chi connectivity index (χ4v) is 4.02. The number of sulfonamides is 1. The number of hydrogen-bond acceptors (Lipinski definition) is 5. The van der Waals surface area contributed by atoms with Crippen LogP contribution in [0, 0.1) is 0 Å². The number of benzene rings is 1. The summed E-state index contributed by atoms with van der Waals surface area (Å²) >= 11 is 0. The van der Waals surface area contributed by atoms with Gasteiger partial charge in [-0.2, -0.15) is 22.5 Å². The van der Waals surface area contributed by atoms with Gasteiger partial charge in [-0.1, -0.05) is 29.4 Å². The summed E-state index contributed by atoms with van der Waals surface area (Å²) in [6, 6.07) is 6.36. The topological polar surface area (TPSA) is 76.3 Å². The third kappa shape index (κ3) is 3.59. The van der Waals surface area contributed by atoms with Gasteiger partial charge in [0.25, 0.3) is 0 Å². The van der Waals surface area contributed by atoms with E-state index in [9.17, 15) is 21.6 Å². The fourth-order valence-electron chi connectivity index (χ4n) is 2.44. The Morgan fingerprint density at radius 1 is 1.17 bits per heavy atom. The van der Waals surface area contributed by atoms with Crippen LogP contribution in [0.3, 0.4) is 0 Å². The van der Waals surface area contributed by atoms with E-state index in [2.05, 4.69) is 14.7 Å². The van der Waals surface area contributed by atoms with E-state index in [1.54, 1.807) is 12.1 Å². The summed E-state index contributed by atoms with van der Waals surface area (Å²) in [5.41, 5.74) is 1.10. The minimum Gasteiger partial charge on any atom is -0.329 e. The second kappa shape index (κ2) is 6.17. The standard InChI is InChI=1S/C14H14F3N3O3S/c15-14(16,17)13-18-12(19-23-13)11-5-3-10(4-6-11)9-20-7-1-2-8-24(20,21)22/h3-6H,1-2,7-9H2. The Morgan fingerprint density at radius 3 is 2.46 bits per heavy atom. The monoisotopic (exact) mass is 361 g/mol. The SMILES string of the molecule is O=S1(=O)CCCCN1Cc1ccc(-c2noc(C(F)(F)F)n2)cc1. The lowest BCUT2D eigenvalue weighted by Crippen LogP contribution is -2.37. The lowest BCUT2D eigenvalue weighted by molar-refractivity contribution is -0.159. The Morgan fingerprint density at radius 2 is 1.88 bits per heavy atom. The average Bonchev–Trinajstić information content (AvgIpc) is 3.00. The normalized spacial score (nSPS) is 18.6. The van der Waals surface area contributed by atoms with Gasteiger partial charge in [-0.05, 0) is 18.4 Å². The van der Waals surface area contributed by atoms with Crippen LogP contribution in [0.15, 0.2) is 28.8 Å². The molecule has 1 fully saturated rings. The van der Waals surface area contributed by atoms with E-state index in [0.29, 0.717) is 18.5 Å². The van der Waals surface area contributed by atoms with Gasteiger partial charge in [-0.3, -0.25) is 0 Å². The number of alkyl halides is 3. The Hall–Kier alpha value is -1.94. The van der Waals surface area contributed by atoms with Crippen molar-refractivity contribution in [1.82, 2.24) is 14.4 Å². The molecule has 0 saturated carbocycles. The largest absolute Gasteiger partial charge is 0.471 e. The van der Waals surface area contributed by atoms with Gasteiger partial charge in [0.15, 0.2) is 0 Å². The van der Waals surface area contributed by atoms with E-state index in [-0.39, 0.29) is 18.1 Å². The van der Waals surface area contributed by atoms with Gasteiger partial charge in [0.2, 0.25) is 15.8 Å². The molecule has 1 aliphatic heterocycles. The van der Waals surface area contributed by atoms with Gasteiger partial charge < -0.3 is 4.52 Å². The second-order valence-corrected chi connectivity index (χ2v) is 7.56. The van der Waals surface area contributed by atoms with Crippen molar-refractivity contribution < 1.29 is 26.1 Å². The van der Waals surface area contributed by atoms with Crippen molar-refractivity contribution >= 4 is 10.0 Å². The zero-order chi connectivity index (χ0) is 17.4. The molecule has 3 rings (SSSR count). The molecule has 0 N–H and O–H groups in total. The maximum atomic E-state index is 12.5. The second-order valence-electron chi connectivity index (χ2n) is 5.47. The molecule has 2 aromatic rings. The molecule has 2 heterocycles. The van der Waals surface area contributed by atoms with Gasteiger partial charge >= 0.3 is 12.1 Å². The molecule has 0 bridgehead atoms. The molecular weight excluding hydrogens is 347 g/mol. The van der Waals surface area contributed by atoms with Crippen molar-refractivity contribution in [1.29, 1.82) is 0 Å². The predicted molar refractivity (Wildman–Crippen MR) is 78.2 cm³/mol. The highest BCUT2D eigenvalue weighted by Crippen LogP contribution is 2.29. The molecule has 130 valence electrons. The van der Waals surface area contributed by atoms with Gasteiger partial charge in [0, 0.05) is 18.7 Å². The van der Waals surface area contributed by atoms with E-state index < -0.39 is 22.1 Å². The minimum atomic E-state index is -4.69. The predicted octanol–water partition coefficient (Wildman–Crippen LogP) is 2.68. The summed E-state index contributed by atoms with van der Waals surface area (Å²) in [7, 11) is -3.23. The molecule has 1 aliphatic rings. The molecule has 0 spiro atoms. The maximum Gasteiger partial charge on any atom is 0.471 e. The summed E-state index contributed by atoms with van der Waals surface area (Å²) in [5, 5.41) is 3.31. The highest BCUT2D eigenvalue weighted by atomic mass is 32.2. The smallest absolute Gasteiger partial charge is 0.329 e. The van der Waals surface area contributed by atoms with Crippen LogP contribution in [0.4, 0.5) is 13.2 Å². The van der Waals surface area contributed by atoms with E-state index in [0.717, 1.165) is 12.0 Å². The van der Waals surface area contributed by atoms with E-state index in [4.69, 9.17) is 0 Å². The first kappa shape index (κ1) is 16.9. The molecule has 0 unspecified atom stereocenters. The first-order valence-electron chi connectivity index (χ1n) is 7.24. The van der Waals surface area contributed by atoms with Crippen molar-refractivity contribution in [2.24, 2.45) is 0 Å². The van der Waals surface area contributed by atoms with Crippen molar-refractivity contribution in [3.05, 3.63) is 35.7 Å². The van der Waals surface area contributed by atoms with Crippen molar-refractivity contribution in [2.45, 2.75) is 25.6 Å². The Bertz CT molecular complexity index is 816. The highest BCUT2D eigenvalue weighted by molar-refractivity contribution is 7.89. The van der Waals surface area contributed by atoms with E-state index >= 15 is 0 Å². The molecule has 0 aliphatic carbocycles. The van der Waals surface area contributed by atoms with Crippen LogP contribution in [0.5, 0.6) is 0 Å². The molecule has 0 amide bonds. The molecule has 24 heavy (non-hydrogen) atoms. The summed E-state index contributed by atoms with van der Waals surface area (Å²) in [6.45, 7) is 0.715. The van der Waals surface area contributed by atoms with E-state index in [1.165, 1.54) is 16.4 Å². The molecular formula is C14H14F3N3O3S. The summed E-state index contributed by atoms with van der Waals surface area (Å²) in [6.07, 6.45) is -3.20. The number of halogens is 3. The summed E-state index contributed by atoms with van der Waals surface area (Å²) in [4.78, 5) is 3.31. The van der Waals surface area contributed by atoms with Gasteiger partial charge in [-0.15, -0.1) is 0 Å². The lowest BCUT2D eigenvalue weighted by atomic mass is 10.1. The van der Waals surface area contributed by atoms with Crippen LogP contribution < -0.4 is 0 Å². The first-order chi connectivity index (χ1) is 11.3. The Kier molecular flexibility index (Phi) is 4.35. The number of aromatic nitrogens is 2. The van der Waals surface area contributed by atoms with E-state index in [1.807, 2.05) is 0 Å². The average molecular weight is 361 g/mol. The number of hydrogen-bond donors (Lipinski definition) is 0. The van der Waals surface area contributed by atoms with Crippen LogP contribution in [-0.2, 0) is 22.7 Å². The maximum absolute atomic E-state index is 12.5. The van der Waals surface area contributed by atoms with Crippen LogP contribution in [0.2, 0.25) is 0 Å². The van der Waals surface area contributed by atoms with Crippen LogP contribution in [0.1, 0.15) is 24.3 Å². The molecule has 1 aromatic carbocycles. The first-order valence-corrected chi connectivity index (χ1v) is 8.85. The Balaban J connectivity index is 1.75. The minimum absolute atomic E-state index is 0.147. The molecule has 1 aromatic heterocycles. The zero-order valence-electron chi connectivity index (χ0n) is 12.5. The van der Waals surface area contributed by atoms with Gasteiger partial charge in [0.1, 0.15) is 0 Å². The highest BCUT2D eigenvalue weighted by Gasteiger charge is 2.38. The van der Waals surface area contributed by atoms with Crippen molar-refractivity contribution in [3.8, 4) is 11.4 Å². The molecule has 0 atom stereocenters. The lowest BCUT2D eigenvalue weighted by Gasteiger charge is -2.26. The van der Waals surface area contributed by atoms with Crippen LogP contribution in [0.25, 0.3) is 11.4 Å². The number of rotatable bonds is 3. The molecule has 6 nitrogen and oxygen atoms in total. The van der Waals surface area contributed by atoms with Crippen molar-refractivity contribution in [2.75, 3.05) is 12.3 Å². The third-order valence-corrected chi connectivity index (χ3v) is 5.60. The summed E-state index contributed by atoms with van der Waals surface area (Å²) in [5.74, 6) is -1.42. The third-order valence-electron chi connectivity index (χ3n) is 3.69. The quantitative estimate of drug-likeness (QED) is 0.840. The number of nitrogens with zero attached hydrogens (tertiary/aromatic N) is 3. The van der Waals surface area contributed by atoms with Crippen LogP contribution >= 0.6 is 0 Å². The molecule has 0 radical (unpaired) electrons. The Labute approximate surface area is 136 Å². The van der Waals surface area contributed by atoms with Gasteiger partial charge in [0.05, 0.1) is 5.75 Å². The van der Waals surface area contributed by atoms with Crippen molar-refractivity contribution in [3.63, 3.8) is 0 Å². The van der Waals surface area contributed by atoms with Crippen LogP contribution in [-0.4, -0.2) is 35.2 Å². The van der Waals surface area contributed by atoms with Gasteiger partial charge in [-0.25, -0.2) is 8.42 Å². The molecule has 10 heteroatoms. The molecule has 1 saturated heterocycles. The summed E-state index contributed by atoms with van der Waals surface area (Å²) < 4.78 is 66.9. The zero-order valence-corrected chi connectivity index (χ0v) is 13.3.